The van der Waals surface area contributed by atoms with Crippen LogP contribution in [0.2, 0.25) is 0 Å². The predicted molar refractivity (Wildman–Crippen MR) is 49.8 cm³/mol. The zero-order valence-corrected chi connectivity index (χ0v) is 8.26. The number of nitrogens with zero attached hydrogens (tertiary/aromatic N) is 1. The summed E-state index contributed by atoms with van der Waals surface area (Å²) in [6.45, 7) is 0.264. The van der Waals surface area contributed by atoms with Gasteiger partial charge in [-0.25, -0.2) is 8.78 Å². The Hall–Kier alpha value is -0.300. The van der Waals surface area contributed by atoms with Gasteiger partial charge >= 0.3 is 0 Å². The highest BCUT2D eigenvalue weighted by molar-refractivity contribution is 14.1. The predicted octanol–water partition coefficient (Wildman–Crippen LogP) is 2.08. The SMILES string of the molecule is NCc1ccnc(C(F)F)c1I. The van der Waals surface area contributed by atoms with Crippen LogP contribution in [0.1, 0.15) is 17.7 Å². The molecule has 0 aliphatic carbocycles. The quantitative estimate of drug-likeness (QED) is 0.844. The molecule has 2 N–H and O–H groups in total. The highest BCUT2D eigenvalue weighted by atomic mass is 127. The Morgan fingerprint density at radius 2 is 2.25 bits per heavy atom. The third-order valence-corrected chi connectivity index (χ3v) is 2.67. The average molecular weight is 284 g/mol. The van der Waals surface area contributed by atoms with Crippen LogP contribution in [0, 0.1) is 3.57 Å². The van der Waals surface area contributed by atoms with E-state index in [1.807, 2.05) is 22.6 Å². The number of halogens is 3. The van der Waals surface area contributed by atoms with Crippen molar-refractivity contribution in [2.75, 3.05) is 0 Å². The van der Waals surface area contributed by atoms with Crippen molar-refractivity contribution in [2.45, 2.75) is 13.0 Å². The lowest BCUT2D eigenvalue weighted by atomic mass is 10.2. The second kappa shape index (κ2) is 4.08. The number of alkyl halides is 2. The van der Waals surface area contributed by atoms with Gasteiger partial charge in [0.15, 0.2) is 0 Å². The zero-order valence-electron chi connectivity index (χ0n) is 6.10. The average Bonchev–Trinajstić information content (AvgIpc) is 2.04. The number of hydrogen-bond donors (Lipinski definition) is 1. The molecule has 66 valence electrons. The molecule has 0 saturated heterocycles. The zero-order chi connectivity index (χ0) is 9.14. The standard InChI is InChI=1S/C7H7F2IN2/c8-7(9)6-5(10)4(3-11)1-2-12-6/h1-2,7H,3,11H2. The highest BCUT2D eigenvalue weighted by Crippen LogP contribution is 2.24. The highest BCUT2D eigenvalue weighted by Gasteiger charge is 2.14. The topological polar surface area (TPSA) is 38.9 Å². The maximum Gasteiger partial charge on any atom is 0.281 e. The lowest BCUT2D eigenvalue weighted by Gasteiger charge is -2.05. The van der Waals surface area contributed by atoms with Crippen molar-refractivity contribution in [3.63, 3.8) is 0 Å². The molecule has 0 radical (unpaired) electrons. The van der Waals surface area contributed by atoms with Crippen molar-refractivity contribution >= 4 is 22.6 Å². The molecular formula is C7H7F2IN2. The Kier molecular flexibility index (Phi) is 3.33. The molecule has 0 atom stereocenters. The van der Waals surface area contributed by atoms with Crippen LogP contribution in [0.4, 0.5) is 8.78 Å². The molecule has 1 heterocycles. The molecule has 0 unspecified atom stereocenters. The van der Waals surface area contributed by atoms with Gasteiger partial charge in [0.2, 0.25) is 0 Å². The second-order valence-corrected chi connectivity index (χ2v) is 3.25. The van der Waals surface area contributed by atoms with Crippen molar-refractivity contribution in [2.24, 2.45) is 5.73 Å². The van der Waals surface area contributed by atoms with Crippen molar-refractivity contribution < 1.29 is 8.78 Å². The molecule has 12 heavy (non-hydrogen) atoms. The number of nitrogens with two attached hydrogens (primary N) is 1. The van der Waals surface area contributed by atoms with Gasteiger partial charge in [-0.05, 0) is 34.2 Å². The smallest absolute Gasteiger partial charge is 0.281 e. The molecule has 1 aromatic heterocycles. The van der Waals surface area contributed by atoms with Crippen molar-refractivity contribution in [3.8, 4) is 0 Å². The summed E-state index contributed by atoms with van der Waals surface area (Å²) in [7, 11) is 0. The van der Waals surface area contributed by atoms with Gasteiger partial charge < -0.3 is 5.73 Å². The molecule has 0 bridgehead atoms. The van der Waals surface area contributed by atoms with E-state index in [2.05, 4.69) is 4.98 Å². The van der Waals surface area contributed by atoms with Crippen molar-refractivity contribution in [1.82, 2.24) is 4.98 Å². The van der Waals surface area contributed by atoms with Crippen LogP contribution in [-0.2, 0) is 6.54 Å². The van der Waals surface area contributed by atoms with E-state index in [1.165, 1.54) is 6.20 Å². The van der Waals surface area contributed by atoms with Crippen LogP contribution in [0.15, 0.2) is 12.3 Å². The van der Waals surface area contributed by atoms with Gasteiger partial charge in [-0.3, -0.25) is 4.98 Å². The van der Waals surface area contributed by atoms with Crippen LogP contribution >= 0.6 is 22.6 Å². The Morgan fingerprint density at radius 1 is 1.58 bits per heavy atom. The third kappa shape index (κ3) is 1.89. The second-order valence-electron chi connectivity index (χ2n) is 2.17. The Labute approximate surface area is 82.3 Å². The first-order valence-electron chi connectivity index (χ1n) is 3.28. The number of pyridine rings is 1. The van der Waals surface area contributed by atoms with Gasteiger partial charge in [0.05, 0.1) is 0 Å². The number of hydrogen-bond acceptors (Lipinski definition) is 2. The maximum absolute atomic E-state index is 12.2. The van der Waals surface area contributed by atoms with Crippen LogP contribution in [-0.4, -0.2) is 4.98 Å². The molecule has 0 aromatic carbocycles. The summed E-state index contributed by atoms with van der Waals surface area (Å²) in [6, 6.07) is 1.65. The van der Waals surface area contributed by atoms with E-state index >= 15 is 0 Å². The summed E-state index contributed by atoms with van der Waals surface area (Å²) in [5, 5.41) is 0. The van der Waals surface area contributed by atoms with Gasteiger partial charge in [-0.2, -0.15) is 0 Å². The molecule has 0 spiro atoms. The van der Waals surface area contributed by atoms with Crippen LogP contribution < -0.4 is 5.73 Å². The number of rotatable bonds is 2. The van der Waals surface area contributed by atoms with Gasteiger partial charge in [-0.15, -0.1) is 0 Å². The summed E-state index contributed by atoms with van der Waals surface area (Å²) < 4.78 is 24.9. The summed E-state index contributed by atoms with van der Waals surface area (Å²) in [4.78, 5) is 3.57. The van der Waals surface area contributed by atoms with Gasteiger partial charge in [0.1, 0.15) is 5.69 Å². The van der Waals surface area contributed by atoms with E-state index < -0.39 is 6.43 Å². The molecule has 1 aromatic rings. The molecule has 0 aliphatic heterocycles. The first-order chi connectivity index (χ1) is 5.66. The van der Waals surface area contributed by atoms with Gasteiger partial charge in [0, 0.05) is 16.3 Å². The van der Waals surface area contributed by atoms with Gasteiger partial charge in [0.25, 0.3) is 6.43 Å². The van der Waals surface area contributed by atoms with Crippen molar-refractivity contribution in [1.29, 1.82) is 0 Å². The lowest BCUT2D eigenvalue weighted by Crippen LogP contribution is -2.03. The first kappa shape index (κ1) is 9.79. The van der Waals surface area contributed by atoms with Crippen LogP contribution in [0.5, 0.6) is 0 Å². The van der Waals surface area contributed by atoms with Crippen molar-refractivity contribution in [3.05, 3.63) is 27.1 Å². The van der Waals surface area contributed by atoms with E-state index in [0.29, 0.717) is 9.13 Å². The molecule has 5 heteroatoms. The molecule has 2 nitrogen and oxygen atoms in total. The summed E-state index contributed by atoms with van der Waals surface area (Å²) >= 11 is 1.83. The first-order valence-corrected chi connectivity index (χ1v) is 4.36. The van der Waals surface area contributed by atoms with Crippen LogP contribution in [0.3, 0.4) is 0 Å². The fourth-order valence-corrected chi connectivity index (χ4v) is 1.59. The monoisotopic (exact) mass is 284 g/mol. The molecule has 0 aliphatic rings. The normalized spacial score (nSPS) is 10.8. The molecule has 1 rings (SSSR count). The van der Waals surface area contributed by atoms with E-state index in [-0.39, 0.29) is 12.2 Å². The van der Waals surface area contributed by atoms with E-state index in [0.717, 1.165) is 0 Å². The van der Waals surface area contributed by atoms with Gasteiger partial charge in [-0.1, -0.05) is 0 Å². The van der Waals surface area contributed by atoms with Crippen LogP contribution in [0.25, 0.3) is 0 Å². The molecular weight excluding hydrogens is 277 g/mol. The molecule has 0 amide bonds. The minimum Gasteiger partial charge on any atom is -0.326 e. The largest absolute Gasteiger partial charge is 0.326 e. The molecule has 0 saturated carbocycles. The fourth-order valence-electron chi connectivity index (χ4n) is 0.812. The summed E-state index contributed by atoms with van der Waals surface area (Å²) in [6.07, 6.45) is -1.17. The fraction of sp³-hybridized carbons (Fsp3) is 0.286. The summed E-state index contributed by atoms with van der Waals surface area (Å²) in [5.74, 6) is 0. The Balaban J connectivity index is 3.14. The third-order valence-electron chi connectivity index (χ3n) is 1.42. The van der Waals surface area contributed by atoms with E-state index in [1.54, 1.807) is 6.07 Å². The van der Waals surface area contributed by atoms with E-state index in [9.17, 15) is 8.78 Å². The maximum atomic E-state index is 12.2. The summed E-state index contributed by atoms with van der Waals surface area (Å²) in [5.41, 5.74) is 5.87. The minimum absolute atomic E-state index is 0.182. The van der Waals surface area contributed by atoms with E-state index in [4.69, 9.17) is 5.73 Å². The molecule has 0 fully saturated rings. The Morgan fingerprint density at radius 3 is 2.75 bits per heavy atom. The number of aromatic nitrogens is 1. The minimum atomic E-state index is -2.52. The Bertz CT molecular complexity index is 278. The lowest BCUT2D eigenvalue weighted by molar-refractivity contribution is 0.145.